The molecule has 0 aliphatic carbocycles. The average Bonchev–Trinajstić information content (AvgIpc) is 3.23. The van der Waals surface area contributed by atoms with E-state index in [1.54, 1.807) is 21.6 Å². The van der Waals surface area contributed by atoms with E-state index in [-0.39, 0.29) is 12.7 Å². The Bertz CT molecular complexity index is 936. The Kier molecular flexibility index (Phi) is 4.83. The van der Waals surface area contributed by atoms with Crippen LogP contribution in [-0.4, -0.2) is 36.8 Å². The Labute approximate surface area is 150 Å². The van der Waals surface area contributed by atoms with Gasteiger partial charge in [0.1, 0.15) is 6.29 Å². The summed E-state index contributed by atoms with van der Waals surface area (Å²) in [5.41, 5.74) is 1.84. The van der Waals surface area contributed by atoms with Crippen LogP contribution in [0.15, 0.2) is 30.9 Å². The first-order valence-corrected chi connectivity index (χ1v) is 8.34. The smallest absolute Gasteiger partial charge is 0.312 e. The lowest BCUT2D eigenvalue weighted by atomic mass is 9.98. The Balaban J connectivity index is 1.86. The Morgan fingerprint density at radius 1 is 1.31 bits per heavy atom. The molecule has 26 heavy (non-hydrogen) atoms. The molecule has 136 valence electrons. The van der Waals surface area contributed by atoms with E-state index in [9.17, 15) is 9.59 Å². The average molecular weight is 355 g/mol. The fourth-order valence-corrected chi connectivity index (χ4v) is 2.49. The zero-order chi connectivity index (χ0) is 18.7. The molecule has 0 atom stereocenters. The minimum Gasteiger partial charge on any atom is -0.443 e. The van der Waals surface area contributed by atoms with E-state index < -0.39 is 5.41 Å². The maximum Gasteiger partial charge on any atom is 0.312 e. The van der Waals surface area contributed by atoms with Crippen molar-refractivity contribution in [2.75, 3.05) is 0 Å². The Morgan fingerprint density at radius 2 is 2.12 bits per heavy atom. The summed E-state index contributed by atoms with van der Waals surface area (Å²) in [7, 11) is 0. The van der Waals surface area contributed by atoms with E-state index in [2.05, 4.69) is 15.3 Å². The number of aryl methyl sites for hydroxylation is 1. The summed E-state index contributed by atoms with van der Waals surface area (Å²) in [6.45, 7) is 6.04. The number of hydrogen-bond donors (Lipinski definition) is 0. The summed E-state index contributed by atoms with van der Waals surface area (Å²) < 4.78 is 8.82. The van der Waals surface area contributed by atoms with Gasteiger partial charge in [0, 0.05) is 41.9 Å². The van der Waals surface area contributed by atoms with Crippen molar-refractivity contribution in [2.24, 2.45) is 5.41 Å². The number of esters is 1. The normalized spacial score (nSPS) is 11.7. The number of nitrogens with zero attached hydrogens (tertiary/aromatic N) is 5. The first kappa shape index (κ1) is 17.8. The van der Waals surface area contributed by atoms with Gasteiger partial charge in [0.05, 0.1) is 17.8 Å². The molecule has 0 aliphatic rings. The van der Waals surface area contributed by atoms with Crippen molar-refractivity contribution in [1.82, 2.24) is 24.5 Å². The lowest BCUT2D eigenvalue weighted by molar-refractivity contribution is -0.156. The summed E-state index contributed by atoms with van der Waals surface area (Å²) >= 11 is 0. The molecule has 0 saturated carbocycles. The van der Waals surface area contributed by atoms with Crippen LogP contribution in [0.25, 0.3) is 22.2 Å². The summed E-state index contributed by atoms with van der Waals surface area (Å²) in [5, 5.41) is 13.4. The van der Waals surface area contributed by atoms with Gasteiger partial charge >= 0.3 is 5.97 Å². The quantitative estimate of drug-likeness (QED) is 0.498. The molecule has 3 heterocycles. The first-order valence-electron chi connectivity index (χ1n) is 8.34. The van der Waals surface area contributed by atoms with E-state index in [1.807, 2.05) is 39.2 Å². The van der Waals surface area contributed by atoms with Gasteiger partial charge in [-0.2, -0.15) is 10.2 Å². The number of aromatic nitrogens is 5. The van der Waals surface area contributed by atoms with E-state index >= 15 is 0 Å². The highest BCUT2D eigenvalue weighted by Gasteiger charge is 2.23. The number of carbonyl (C=O) groups excluding carboxylic acids is 2. The van der Waals surface area contributed by atoms with Crippen LogP contribution in [-0.2, 0) is 27.6 Å². The summed E-state index contributed by atoms with van der Waals surface area (Å²) in [4.78, 5) is 22.5. The molecule has 3 aromatic heterocycles. The second-order valence-electron chi connectivity index (χ2n) is 7.04. The monoisotopic (exact) mass is 355 g/mol. The van der Waals surface area contributed by atoms with Crippen LogP contribution >= 0.6 is 0 Å². The number of rotatable bonds is 6. The van der Waals surface area contributed by atoms with Gasteiger partial charge in [0.25, 0.3) is 0 Å². The molecule has 0 N–H and O–H groups in total. The van der Waals surface area contributed by atoms with Gasteiger partial charge in [-0.15, -0.1) is 5.10 Å². The van der Waals surface area contributed by atoms with Crippen LogP contribution in [0.2, 0.25) is 0 Å². The predicted octanol–water partition coefficient (Wildman–Crippen LogP) is 2.43. The van der Waals surface area contributed by atoms with E-state index in [4.69, 9.17) is 4.74 Å². The van der Waals surface area contributed by atoms with Crippen LogP contribution < -0.4 is 0 Å². The number of aldehydes is 1. The molecule has 8 nitrogen and oxygen atoms in total. The van der Waals surface area contributed by atoms with Gasteiger partial charge in [-0.3, -0.25) is 14.0 Å². The molecule has 0 bridgehead atoms. The van der Waals surface area contributed by atoms with E-state index in [0.717, 1.165) is 22.8 Å². The molecule has 3 aromatic rings. The summed E-state index contributed by atoms with van der Waals surface area (Å²) in [5.74, 6) is -0.278. The highest BCUT2D eigenvalue weighted by Crippen LogP contribution is 2.27. The third-order valence-corrected chi connectivity index (χ3v) is 3.93. The predicted molar refractivity (Wildman–Crippen MR) is 95.0 cm³/mol. The van der Waals surface area contributed by atoms with Crippen LogP contribution in [0.1, 0.15) is 27.2 Å². The topological polar surface area (TPSA) is 91.9 Å². The number of carbonyl (C=O) groups is 2. The van der Waals surface area contributed by atoms with Crippen molar-refractivity contribution in [3.63, 3.8) is 0 Å². The lowest BCUT2D eigenvalue weighted by Crippen LogP contribution is -2.23. The van der Waals surface area contributed by atoms with Gasteiger partial charge < -0.3 is 9.53 Å². The molecule has 8 heteroatoms. The zero-order valence-electron chi connectivity index (χ0n) is 15.0. The van der Waals surface area contributed by atoms with Gasteiger partial charge in [-0.1, -0.05) is 0 Å². The molecule has 0 saturated heterocycles. The van der Waals surface area contributed by atoms with Crippen LogP contribution in [0.5, 0.6) is 0 Å². The third-order valence-electron chi connectivity index (χ3n) is 3.93. The van der Waals surface area contributed by atoms with Crippen molar-refractivity contribution in [1.29, 1.82) is 0 Å². The molecular formula is C18H21N5O3. The van der Waals surface area contributed by atoms with Gasteiger partial charge in [-0.25, -0.2) is 0 Å². The summed E-state index contributed by atoms with van der Waals surface area (Å²) in [6.07, 6.45) is 8.38. The van der Waals surface area contributed by atoms with Gasteiger partial charge in [-0.05, 0) is 26.8 Å². The maximum absolute atomic E-state index is 12.0. The first-order chi connectivity index (χ1) is 12.4. The molecular weight excluding hydrogens is 334 g/mol. The Hall–Kier alpha value is -3.03. The molecule has 0 aliphatic heterocycles. The minimum absolute atomic E-state index is 0.0797. The molecule has 0 unspecified atom stereocenters. The lowest BCUT2D eigenvalue weighted by Gasteiger charge is -2.16. The van der Waals surface area contributed by atoms with Crippen molar-refractivity contribution in [3.05, 3.63) is 30.9 Å². The van der Waals surface area contributed by atoms with Crippen LogP contribution in [0.3, 0.4) is 0 Å². The highest BCUT2D eigenvalue weighted by molar-refractivity contribution is 5.92. The molecule has 0 spiro atoms. The minimum atomic E-state index is -0.560. The van der Waals surface area contributed by atoms with Gasteiger partial charge in [0.15, 0.2) is 12.4 Å². The SMILES string of the molecule is CC(C)(C)C(=O)OCn1ccc2c(-c3cnn(CCC=O)c3)cnnc21. The number of fused-ring (bicyclic) bond motifs is 1. The molecule has 0 aromatic carbocycles. The van der Waals surface area contributed by atoms with Gasteiger partial charge in [0.2, 0.25) is 0 Å². The van der Waals surface area contributed by atoms with Crippen molar-refractivity contribution in [3.8, 4) is 11.1 Å². The molecule has 0 fully saturated rings. The highest BCUT2D eigenvalue weighted by atomic mass is 16.5. The van der Waals surface area contributed by atoms with Crippen LogP contribution in [0.4, 0.5) is 0 Å². The van der Waals surface area contributed by atoms with E-state index in [0.29, 0.717) is 18.6 Å². The number of hydrogen-bond acceptors (Lipinski definition) is 6. The van der Waals surface area contributed by atoms with Crippen LogP contribution in [0, 0.1) is 5.41 Å². The second-order valence-corrected chi connectivity index (χ2v) is 7.04. The zero-order valence-corrected chi connectivity index (χ0v) is 15.0. The van der Waals surface area contributed by atoms with Crippen molar-refractivity contribution in [2.45, 2.75) is 40.5 Å². The molecule has 0 radical (unpaired) electrons. The molecule has 3 rings (SSSR count). The second kappa shape index (κ2) is 7.07. The fraction of sp³-hybridized carbons (Fsp3) is 0.389. The maximum atomic E-state index is 12.0. The van der Waals surface area contributed by atoms with Crippen molar-refractivity contribution < 1.29 is 14.3 Å². The largest absolute Gasteiger partial charge is 0.443 e. The van der Waals surface area contributed by atoms with E-state index in [1.165, 1.54) is 0 Å². The Morgan fingerprint density at radius 3 is 2.85 bits per heavy atom. The fourth-order valence-electron chi connectivity index (χ4n) is 2.49. The standard InChI is InChI=1S/C18H21N5O3/c1-18(2,3)17(25)26-12-22-7-5-14-15(10-19-21-16(14)22)13-9-20-23(11-13)6-4-8-24/h5,7-11H,4,6,12H2,1-3H3. The molecule has 0 amide bonds. The van der Waals surface area contributed by atoms with Crippen molar-refractivity contribution >= 4 is 23.3 Å². The number of ether oxygens (including phenoxy) is 1. The summed E-state index contributed by atoms with van der Waals surface area (Å²) in [6, 6.07) is 1.91. The third kappa shape index (κ3) is 3.63.